The zero-order valence-electron chi connectivity index (χ0n) is 19.8. The average Bonchev–Trinajstić information content (AvgIpc) is 2.89. The number of methoxy groups -OCH3 is 1. The highest BCUT2D eigenvalue weighted by molar-refractivity contribution is 9.11. The van der Waals surface area contributed by atoms with Gasteiger partial charge >= 0.3 is 12.1 Å². The van der Waals surface area contributed by atoms with Crippen LogP contribution in [0.25, 0.3) is 22.3 Å². The Morgan fingerprint density at radius 2 is 1.76 bits per heavy atom. The molecule has 196 valence electrons. The number of halogens is 5. The maximum Gasteiger partial charge on any atom is 0.416 e. The first kappa shape index (κ1) is 27.5. The van der Waals surface area contributed by atoms with Gasteiger partial charge in [-0.3, -0.25) is 4.79 Å². The second-order valence-corrected chi connectivity index (χ2v) is 9.70. The van der Waals surface area contributed by atoms with E-state index in [0.717, 1.165) is 16.8 Å². The summed E-state index contributed by atoms with van der Waals surface area (Å²) in [5.74, 6) is -0.268. The zero-order chi connectivity index (χ0) is 27.6. The SMILES string of the molecule is COC(=O)[C@H](C)Oc1c(Br)cc(C=Nn2c(-c3cccc(C(F)(F)F)c3)nc3ccccc3c2=O)cc1Br. The Morgan fingerprint density at radius 3 is 2.42 bits per heavy atom. The van der Waals surface area contributed by atoms with E-state index in [2.05, 4.69) is 46.7 Å². The number of nitrogens with zero attached hydrogens (tertiary/aromatic N) is 3. The van der Waals surface area contributed by atoms with Crippen molar-refractivity contribution in [1.82, 2.24) is 9.66 Å². The molecule has 0 bridgehead atoms. The van der Waals surface area contributed by atoms with Gasteiger partial charge in [0.2, 0.25) is 0 Å². The number of ether oxygens (including phenoxy) is 2. The molecule has 0 amide bonds. The molecule has 38 heavy (non-hydrogen) atoms. The molecule has 0 aliphatic rings. The van der Waals surface area contributed by atoms with Gasteiger partial charge in [-0.05, 0) is 80.7 Å². The Balaban J connectivity index is 1.81. The number of benzene rings is 3. The van der Waals surface area contributed by atoms with E-state index in [9.17, 15) is 22.8 Å². The van der Waals surface area contributed by atoms with E-state index >= 15 is 0 Å². The summed E-state index contributed by atoms with van der Waals surface area (Å²) in [7, 11) is 1.25. The van der Waals surface area contributed by atoms with Crippen LogP contribution in [-0.2, 0) is 15.7 Å². The lowest BCUT2D eigenvalue weighted by Crippen LogP contribution is -2.25. The molecule has 0 saturated heterocycles. The fourth-order valence-electron chi connectivity index (χ4n) is 3.53. The lowest BCUT2D eigenvalue weighted by molar-refractivity contribution is -0.148. The molecule has 0 fully saturated rings. The first-order valence-corrected chi connectivity index (χ1v) is 12.6. The van der Waals surface area contributed by atoms with E-state index in [4.69, 9.17) is 4.74 Å². The molecule has 0 aliphatic heterocycles. The van der Waals surface area contributed by atoms with E-state index in [1.807, 2.05) is 0 Å². The maximum atomic E-state index is 13.4. The van der Waals surface area contributed by atoms with Crippen LogP contribution in [0.1, 0.15) is 18.1 Å². The molecule has 0 spiro atoms. The number of hydrogen-bond donors (Lipinski definition) is 0. The first-order chi connectivity index (χ1) is 18.0. The highest BCUT2D eigenvalue weighted by Gasteiger charge is 2.31. The van der Waals surface area contributed by atoms with Gasteiger partial charge < -0.3 is 9.47 Å². The lowest BCUT2D eigenvalue weighted by atomic mass is 10.1. The summed E-state index contributed by atoms with van der Waals surface area (Å²) in [6, 6.07) is 14.3. The van der Waals surface area contributed by atoms with Gasteiger partial charge in [0.1, 0.15) is 5.75 Å². The second kappa shape index (κ2) is 11.1. The number of rotatable bonds is 6. The molecular formula is C26H18Br2F3N3O4. The Morgan fingerprint density at radius 1 is 1.08 bits per heavy atom. The molecule has 0 N–H and O–H groups in total. The zero-order valence-corrected chi connectivity index (χ0v) is 23.0. The summed E-state index contributed by atoms with van der Waals surface area (Å²) in [5, 5.41) is 4.54. The Hall–Kier alpha value is -3.51. The van der Waals surface area contributed by atoms with Crippen molar-refractivity contribution in [3.8, 4) is 17.1 Å². The van der Waals surface area contributed by atoms with Crippen LogP contribution < -0.4 is 10.3 Å². The molecule has 0 unspecified atom stereocenters. The number of fused-ring (bicyclic) bond motifs is 1. The Kier molecular flexibility index (Phi) is 8.02. The van der Waals surface area contributed by atoms with E-state index in [1.54, 1.807) is 36.4 Å². The van der Waals surface area contributed by atoms with E-state index in [1.165, 1.54) is 32.4 Å². The van der Waals surface area contributed by atoms with E-state index in [-0.39, 0.29) is 16.8 Å². The Labute approximate surface area is 231 Å². The van der Waals surface area contributed by atoms with Gasteiger partial charge in [0.05, 0.1) is 38.7 Å². The highest BCUT2D eigenvalue weighted by Crippen LogP contribution is 2.35. The predicted octanol–water partition coefficient (Wildman–Crippen LogP) is 6.43. The molecule has 0 saturated carbocycles. The number of para-hydroxylation sites is 1. The van der Waals surface area contributed by atoms with Gasteiger partial charge in [-0.2, -0.15) is 22.9 Å². The molecule has 1 atom stereocenters. The third-order valence-corrected chi connectivity index (χ3v) is 6.55. The van der Waals surface area contributed by atoms with Gasteiger partial charge in [0.15, 0.2) is 11.9 Å². The number of hydrogen-bond acceptors (Lipinski definition) is 6. The van der Waals surface area contributed by atoms with Gasteiger partial charge in [0.25, 0.3) is 5.56 Å². The third-order valence-electron chi connectivity index (χ3n) is 5.37. The largest absolute Gasteiger partial charge is 0.477 e. The molecule has 7 nitrogen and oxygen atoms in total. The summed E-state index contributed by atoms with van der Waals surface area (Å²) in [6.45, 7) is 1.54. The van der Waals surface area contributed by atoms with Gasteiger partial charge in [0, 0.05) is 5.56 Å². The molecular weight excluding hydrogens is 635 g/mol. The van der Waals surface area contributed by atoms with Crippen molar-refractivity contribution in [3.63, 3.8) is 0 Å². The molecule has 12 heteroatoms. The third kappa shape index (κ3) is 5.81. The summed E-state index contributed by atoms with van der Waals surface area (Å²) >= 11 is 6.78. The monoisotopic (exact) mass is 651 g/mol. The smallest absolute Gasteiger partial charge is 0.416 e. The second-order valence-electron chi connectivity index (χ2n) is 7.99. The number of carbonyl (C=O) groups excluding carboxylic acids is 1. The van der Waals surface area contributed by atoms with E-state index < -0.39 is 29.4 Å². The molecule has 4 rings (SSSR count). The minimum atomic E-state index is -4.57. The fourth-order valence-corrected chi connectivity index (χ4v) is 4.94. The topological polar surface area (TPSA) is 82.8 Å². The first-order valence-electron chi connectivity index (χ1n) is 11.0. The van der Waals surface area contributed by atoms with Crippen molar-refractivity contribution in [2.75, 3.05) is 7.11 Å². The number of alkyl halides is 3. The van der Waals surface area contributed by atoms with Gasteiger partial charge in [-0.25, -0.2) is 9.78 Å². The van der Waals surface area contributed by atoms with Crippen LogP contribution in [0.15, 0.2) is 79.5 Å². The average molecular weight is 653 g/mol. The van der Waals surface area contributed by atoms with Crippen LogP contribution in [0.2, 0.25) is 0 Å². The molecule has 1 heterocycles. The van der Waals surface area contributed by atoms with Crippen LogP contribution in [-0.4, -0.2) is 35.1 Å². The normalized spacial score (nSPS) is 12.6. The van der Waals surface area contributed by atoms with Crippen LogP contribution in [0.5, 0.6) is 5.75 Å². The highest BCUT2D eigenvalue weighted by atomic mass is 79.9. The Bertz CT molecular complexity index is 1600. The molecule has 3 aromatic carbocycles. The maximum absolute atomic E-state index is 13.4. The van der Waals surface area contributed by atoms with Gasteiger partial charge in [-0.1, -0.05) is 24.3 Å². The quantitative estimate of drug-likeness (QED) is 0.177. The van der Waals surface area contributed by atoms with Crippen molar-refractivity contribution in [3.05, 3.63) is 91.1 Å². The predicted molar refractivity (Wildman–Crippen MR) is 143 cm³/mol. The lowest BCUT2D eigenvalue weighted by Gasteiger charge is -2.15. The summed E-state index contributed by atoms with van der Waals surface area (Å²) in [5.41, 5.74) is -0.524. The van der Waals surface area contributed by atoms with Crippen molar-refractivity contribution in [1.29, 1.82) is 0 Å². The van der Waals surface area contributed by atoms with Crippen molar-refractivity contribution >= 4 is 54.9 Å². The number of aromatic nitrogens is 2. The van der Waals surface area contributed by atoms with Crippen LogP contribution in [0.4, 0.5) is 13.2 Å². The van der Waals surface area contributed by atoms with Crippen molar-refractivity contribution in [2.45, 2.75) is 19.2 Å². The van der Waals surface area contributed by atoms with Crippen LogP contribution in [0, 0.1) is 0 Å². The van der Waals surface area contributed by atoms with Gasteiger partial charge in [-0.15, -0.1) is 0 Å². The minimum Gasteiger partial charge on any atom is -0.477 e. The standard InChI is InChI=1S/C26H18Br2F3N3O4/c1-14(25(36)37-2)38-22-19(27)10-15(11-20(22)28)13-32-34-23(16-6-5-7-17(12-16)26(29,30)31)33-21-9-4-3-8-18(21)24(34)35/h3-14H,1-2H3/t14-/m0/s1. The van der Waals surface area contributed by atoms with Crippen molar-refractivity contribution < 1.29 is 27.4 Å². The molecule has 0 radical (unpaired) electrons. The summed E-state index contributed by atoms with van der Waals surface area (Å²) in [6.07, 6.45) is -4.09. The molecule has 1 aromatic heterocycles. The number of esters is 1. The summed E-state index contributed by atoms with van der Waals surface area (Å²) in [4.78, 5) is 29.5. The number of carbonyl (C=O) groups is 1. The van der Waals surface area contributed by atoms with Crippen LogP contribution in [0.3, 0.4) is 0 Å². The van der Waals surface area contributed by atoms with Crippen molar-refractivity contribution in [2.24, 2.45) is 5.10 Å². The summed E-state index contributed by atoms with van der Waals surface area (Å²) < 4.78 is 52.4. The minimum absolute atomic E-state index is 0.0546. The van der Waals surface area contributed by atoms with E-state index in [0.29, 0.717) is 25.8 Å². The fraction of sp³-hybridized carbons (Fsp3) is 0.154. The van der Waals surface area contributed by atoms with Crippen LogP contribution >= 0.6 is 31.9 Å². The molecule has 4 aromatic rings. The molecule has 0 aliphatic carbocycles.